The zero-order chi connectivity index (χ0) is 22.4. The number of halogens is 1. The molecule has 33 heavy (non-hydrogen) atoms. The fourth-order valence-corrected chi connectivity index (χ4v) is 5.49. The third kappa shape index (κ3) is 3.73. The number of ether oxygens (including phenoxy) is 1. The van der Waals surface area contributed by atoms with Crippen molar-refractivity contribution in [3.63, 3.8) is 0 Å². The Morgan fingerprint density at radius 3 is 2.88 bits per heavy atom. The van der Waals surface area contributed by atoms with Gasteiger partial charge in [-0.05, 0) is 49.1 Å². The van der Waals surface area contributed by atoms with Crippen molar-refractivity contribution in [3.8, 4) is 5.88 Å². The molecule has 1 N–H and O–H groups in total. The third-order valence-electron chi connectivity index (χ3n) is 7.20. The maximum Gasteiger partial charge on any atom is 0.213 e. The van der Waals surface area contributed by atoms with Gasteiger partial charge in [0.25, 0.3) is 0 Å². The number of nitrogens with zero attached hydrogens (tertiary/aromatic N) is 3. The van der Waals surface area contributed by atoms with Gasteiger partial charge in [-0.1, -0.05) is 18.2 Å². The van der Waals surface area contributed by atoms with Gasteiger partial charge in [0.1, 0.15) is 12.8 Å². The molecule has 0 radical (unpaired) electrons. The fourth-order valence-electron chi connectivity index (χ4n) is 5.49. The number of H-pyrrole nitrogens is 1. The highest BCUT2D eigenvalue weighted by molar-refractivity contribution is 5.85. The van der Waals surface area contributed by atoms with E-state index in [1.807, 2.05) is 12.3 Å². The Morgan fingerprint density at radius 1 is 1.27 bits per heavy atom. The summed E-state index contributed by atoms with van der Waals surface area (Å²) in [6.07, 6.45) is 5.94. The number of likely N-dealkylation sites (tertiary alicyclic amines) is 1. The summed E-state index contributed by atoms with van der Waals surface area (Å²) in [5, 5.41) is 1.31. The van der Waals surface area contributed by atoms with E-state index in [-0.39, 0.29) is 7.47 Å². The number of rotatable bonds is 6. The van der Waals surface area contributed by atoms with E-state index >= 15 is 0 Å². The van der Waals surface area contributed by atoms with Gasteiger partial charge in [0.05, 0.1) is 11.7 Å². The molecule has 0 saturated carbocycles. The summed E-state index contributed by atoms with van der Waals surface area (Å²) in [6.45, 7) is 4.88. The van der Waals surface area contributed by atoms with E-state index in [2.05, 4.69) is 68.8 Å². The predicted molar refractivity (Wildman–Crippen MR) is 129 cm³/mol. The first-order chi connectivity index (χ1) is 16.2. The second kappa shape index (κ2) is 8.36. The molecular formula is C27H31FN4O. The number of aromatic amines is 1. The largest absolute Gasteiger partial charge is 0.476 e. The van der Waals surface area contributed by atoms with E-state index in [1.165, 1.54) is 27.9 Å². The lowest BCUT2D eigenvalue weighted by atomic mass is 9.87. The second-order valence-electron chi connectivity index (χ2n) is 9.39. The molecule has 2 aliphatic heterocycles. The van der Waals surface area contributed by atoms with E-state index in [0.29, 0.717) is 31.5 Å². The van der Waals surface area contributed by atoms with E-state index in [1.54, 1.807) is 0 Å². The number of para-hydroxylation sites is 1. The summed E-state index contributed by atoms with van der Waals surface area (Å²) in [7, 11) is 0. The number of nitrogens with one attached hydrogen (secondary N) is 1. The van der Waals surface area contributed by atoms with Crippen molar-refractivity contribution in [2.24, 2.45) is 0 Å². The van der Waals surface area contributed by atoms with Crippen LogP contribution in [0.25, 0.3) is 10.9 Å². The molecule has 3 aliphatic rings. The molecule has 3 aromatic rings. The van der Waals surface area contributed by atoms with Gasteiger partial charge in [-0.25, -0.2) is 9.37 Å². The van der Waals surface area contributed by atoms with Gasteiger partial charge in [0.15, 0.2) is 0 Å². The molecule has 172 valence electrons. The molecule has 0 bridgehead atoms. The molecule has 4 heterocycles. The molecule has 0 amide bonds. The van der Waals surface area contributed by atoms with E-state index in [0.717, 1.165) is 31.5 Å². The highest BCUT2D eigenvalue weighted by atomic mass is 19.1. The van der Waals surface area contributed by atoms with Gasteiger partial charge >= 0.3 is 0 Å². The average molecular weight is 447 g/mol. The number of benzene rings is 1. The molecule has 0 spiro atoms. The molecule has 3 atom stereocenters. The van der Waals surface area contributed by atoms with Crippen LogP contribution in [0.15, 0.2) is 60.1 Å². The number of pyridine rings is 1. The average Bonchev–Trinajstić information content (AvgIpc) is 3.37. The maximum absolute atomic E-state index is 13.4. The van der Waals surface area contributed by atoms with Gasteiger partial charge in [-0.15, -0.1) is 5.73 Å². The van der Waals surface area contributed by atoms with Crippen molar-refractivity contribution >= 4 is 10.9 Å². The van der Waals surface area contributed by atoms with E-state index in [9.17, 15) is 4.39 Å². The van der Waals surface area contributed by atoms with Crippen molar-refractivity contribution in [3.05, 3.63) is 76.9 Å². The van der Waals surface area contributed by atoms with E-state index in [4.69, 9.17) is 4.74 Å². The summed E-state index contributed by atoms with van der Waals surface area (Å²) in [4.78, 5) is 12.9. The van der Waals surface area contributed by atoms with Crippen LogP contribution in [0.1, 0.15) is 44.1 Å². The number of aromatic nitrogens is 2. The van der Waals surface area contributed by atoms with Gasteiger partial charge in [0.2, 0.25) is 5.88 Å². The van der Waals surface area contributed by atoms with Gasteiger partial charge in [-0.3, -0.25) is 4.90 Å². The normalized spacial score (nSPS) is 24.6. The molecule has 2 aromatic heterocycles. The highest BCUT2D eigenvalue weighted by Gasteiger charge is 2.37. The molecule has 6 rings (SSSR count). The van der Waals surface area contributed by atoms with Crippen molar-refractivity contribution in [2.45, 2.75) is 44.4 Å². The predicted octanol–water partition coefficient (Wildman–Crippen LogP) is 5.01. The first-order valence-electron chi connectivity index (χ1n) is 11.9. The first kappa shape index (κ1) is 20.5. The van der Waals surface area contributed by atoms with Crippen molar-refractivity contribution in [1.29, 1.82) is 0 Å². The van der Waals surface area contributed by atoms with Crippen LogP contribution < -0.4 is 4.74 Å². The monoisotopic (exact) mass is 446 g/mol. The van der Waals surface area contributed by atoms with Crippen LogP contribution in [-0.2, 0) is 6.42 Å². The molecule has 1 aliphatic carbocycles. The maximum atomic E-state index is 13.4. The lowest BCUT2D eigenvalue weighted by Crippen LogP contribution is -2.42. The van der Waals surface area contributed by atoms with Gasteiger partial charge in [-0.2, -0.15) is 0 Å². The summed E-state index contributed by atoms with van der Waals surface area (Å²) in [6, 6.07) is 13.1. The molecule has 5 nitrogen and oxygen atoms in total. The third-order valence-corrected chi connectivity index (χ3v) is 7.20. The lowest BCUT2D eigenvalue weighted by Gasteiger charge is -2.44. The minimum Gasteiger partial charge on any atom is -0.476 e. The van der Waals surface area contributed by atoms with Crippen LogP contribution in [0.3, 0.4) is 0 Å². The van der Waals surface area contributed by atoms with Crippen LogP contribution in [-0.4, -0.2) is 58.2 Å². The Kier molecular flexibility index (Phi) is 5.20. The Bertz CT molecular complexity index is 1230. The Hall–Kier alpha value is -3.08. The van der Waals surface area contributed by atoms with Gasteiger partial charge in [0, 0.05) is 62.4 Å². The SMILES string of the molecule is C[C@@H]1Cc2c([nH]c3ccccc23)[C@@H](c2ccc(OCCN3CCC(F)C3)nc2)N1C1=C=CC1.[HH]. The topological polar surface area (TPSA) is 44.4 Å². The minimum absolute atomic E-state index is 0. The molecule has 1 aromatic carbocycles. The number of fused-ring (bicyclic) bond motifs is 3. The standard InChI is InChI=1S/C27H29FN4O.H2/c1-18-15-23-22-7-2-3-8-24(22)30-26(23)27(32(18)21-5-4-6-21)19-9-10-25(29-16-19)33-14-13-31-12-11-20(28)17-31;/h2-4,7-10,16,18,20,27,30H,5,11-15,17H2,1H3;1H/t18-,20?,27-;/m1./s1. The lowest BCUT2D eigenvalue weighted by molar-refractivity contribution is 0.193. The summed E-state index contributed by atoms with van der Waals surface area (Å²) >= 11 is 0. The Morgan fingerprint density at radius 2 is 2.15 bits per heavy atom. The van der Waals surface area contributed by atoms with Crippen LogP contribution in [0.4, 0.5) is 4.39 Å². The van der Waals surface area contributed by atoms with Crippen LogP contribution in [0.5, 0.6) is 5.88 Å². The summed E-state index contributed by atoms with van der Waals surface area (Å²) in [5.41, 5.74) is 9.64. The Balaban J connectivity index is 0.00000241. The highest BCUT2D eigenvalue weighted by Crippen LogP contribution is 2.43. The van der Waals surface area contributed by atoms with Crippen molar-refractivity contribution in [2.75, 3.05) is 26.2 Å². The number of hydrogen-bond donors (Lipinski definition) is 1. The molecular weight excluding hydrogens is 415 g/mol. The molecule has 6 heteroatoms. The zero-order valence-electron chi connectivity index (χ0n) is 18.9. The smallest absolute Gasteiger partial charge is 0.213 e. The zero-order valence-corrected chi connectivity index (χ0v) is 18.9. The van der Waals surface area contributed by atoms with Gasteiger partial charge < -0.3 is 14.6 Å². The van der Waals surface area contributed by atoms with Crippen LogP contribution in [0.2, 0.25) is 0 Å². The van der Waals surface area contributed by atoms with Crippen LogP contribution >= 0.6 is 0 Å². The summed E-state index contributed by atoms with van der Waals surface area (Å²) < 4.78 is 19.2. The van der Waals surface area contributed by atoms with Crippen molar-refractivity contribution < 1.29 is 10.6 Å². The van der Waals surface area contributed by atoms with E-state index < -0.39 is 6.17 Å². The first-order valence-corrected chi connectivity index (χ1v) is 11.9. The summed E-state index contributed by atoms with van der Waals surface area (Å²) in [5.74, 6) is 0.616. The van der Waals surface area contributed by atoms with Crippen molar-refractivity contribution in [1.82, 2.24) is 19.8 Å². The fraction of sp³-hybridized carbons (Fsp3) is 0.407. The molecule has 1 saturated heterocycles. The van der Waals surface area contributed by atoms with Crippen LogP contribution in [0, 0.1) is 0 Å². The quantitative estimate of drug-likeness (QED) is 0.541. The minimum atomic E-state index is -0.696. The number of hydrogen-bond acceptors (Lipinski definition) is 4. The Labute approximate surface area is 195 Å². The molecule has 1 unspecified atom stereocenters. The number of alkyl halides is 1. The second-order valence-corrected chi connectivity index (χ2v) is 9.39. The molecule has 1 fully saturated rings.